The number of aromatic nitrogens is 5. The SMILES string of the molecule is [2H]c1c([2H])c([2H])c(-c2cc3c4c(c2)n(-c2[c-]c(Oc5[c-]c6c(cc5)c5ccccc5n6-c5cc(C(C)(C)C)ccn5)ccc2)[c-][n+]4-c2c(cccc2-n2c4ccccc4c4ccccc42)-c2c([2H])c([2H])c([2H])c([2H])c2-c2c([2H])c([2H])c([2H])c([2H])c2-3)c([2H])c1[2H].[Pt]. The molecule has 0 N–H and O–H groups in total. The van der Waals surface area contributed by atoms with Gasteiger partial charge < -0.3 is 18.4 Å². The zero-order valence-electron chi connectivity index (χ0n) is 54.4. The predicted octanol–water partition coefficient (Wildman–Crippen LogP) is 17.0. The van der Waals surface area contributed by atoms with Crippen molar-refractivity contribution in [1.29, 1.82) is 0 Å². The average molecular weight is 1180 g/mol. The van der Waals surface area contributed by atoms with Gasteiger partial charge in [-0.15, -0.1) is 29.7 Å². The third-order valence-electron chi connectivity index (χ3n) is 14.4. The van der Waals surface area contributed by atoms with Crippen molar-refractivity contribution in [1.82, 2.24) is 18.7 Å². The maximum absolute atomic E-state index is 9.95. The van der Waals surface area contributed by atoms with Crippen molar-refractivity contribution in [2.75, 3.05) is 0 Å². The summed E-state index contributed by atoms with van der Waals surface area (Å²) >= 11 is 0. The predicted molar refractivity (Wildman–Crippen MR) is 308 cm³/mol. The number of nitrogens with zero attached hydrogens (tertiary/aromatic N) is 5. The number of hydrogen-bond acceptors (Lipinski definition) is 2. The van der Waals surface area contributed by atoms with E-state index in [1.165, 1.54) is 6.07 Å². The average Bonchev–Trinajstić information content (AvgIpc) is 1.47. The maximum Gasteiger partial charge on any atom is 0.268 e. The number of benzene rings is 10. The Labute approximate surface area is 478 Å². The summed E-state index contributed by atoms with van der Waals surface area (Å²) in [7, 11) is 0. The fraction of sp³-hybridized carbons (Fsp3) is 0.0571. The van der Waals surface area contributed by atoms with E-state index in [9.17, 15) is 13.7 Å². The molecular weight excluding hydrogens is 1120 g/mol. The Balaban J connectivity index is 0.00000707. The second-order valence-corrected chi connectivity index (χ2v) is 19.8. The normalized spacial score (nSPS) is 14.4. The monoisotopic (exact) mass is 1180 g/mol. The van der Waals surface area contributed by atoms with Gasteiger partial charge in [0.1, 0.15) is 5.82 Å². The topological polar surface area (TPSA) is 40.8 Å². The van der Waals surface area contributed by atoms with Crippen molar-refractivity contribution in [3.05, 3.63) is 254 Å². The quantitative estimate of drug-likeness (QED) is 0.123. The largest absolute Gasteiger partial charge is 0.510 e. The number of para-hydroxylation sites is 4. The summed E-state index contributed by atoms with van der Waals surface area (Å²) in [5, 5.41) is 3.75. The summed E-state index contributed by atoms with van der Waals surface area (Å²) in [6.07, 6.45) is 5.44. The molecule has 0 atom stereocenters. The van der Waals surface area contributed by atoms with Crippen molar-refractivity contribution in [3.8, 4) is 78.9 Å². The molecule has 14 aromatic rings. The Morgan fingerprint density at radius 3 is 1.79 bits per heavy atom. The molecular formula is C70H47N5OPt-2. The van der Waals surface area contributed by atoms with Crippen LogP contribution in [0.2, 0.25) is 0 Å². The van der Waals surface area contributed by atoms with Crippen LogP contribution in [-0.4, -0.2) is 18.7 Å². The van der Waals surface area contributed by atoms with E-state index >= 15 is 0 Å². The van der Waals surface area contributed by atoms with Crippen LogP contribution >= 0.6 is 0 Å². The zero-order chi connectivity index (χ0) is 62.0. The standard InChI is InChI=1S/C70H47N5O.Pt/c1-70(2,3)47-37-38-71-67(41-47)75-63-33-16-13-29-57(63)58-36-35-50(43-65(58)75)76-49-22-17-21-48(42-49)72-44-73-68-59(30-18-34-64(68)74-61-31-14-11-27-55(61)56-28-12-15-32-62(56)74)53-25-9-7-23-51(53)52-24-8-10-26-54(52)60-39-46(40-66(72)69(60)73)45-19-5-4-6-20-45;/h4-41H,1-3H3;/q-2;/i4D,5D,6D,7D,8D,9D,10D,19D,20D,23D,24D,25D,26D;. The zero-order valence-corrected chi connectivity index (χ0v) is 43.7. The van der Waals surface area contributed by atoms with Crippen molar-refractivity contribution < 1.29 is 48.2 Å². The van der Waals surface area contributed by atoms with Crippen molar-refractivity contribution in [3.63, 3.8) is 0 Å². The van der Waals surface area contributed by atoms with E-state index in [1.807, 2.05) is 97.2 Å². The second kappa shape index (κ2) is 18.0. The molecule has 5 heterocycles. The summed E-state index contributed by atoms with van der Waals surface area (Å²) in [6.45, 7) is 6.46. The van der Waals surface area contributed by atoms with Crippen molar-refractivity contribution >= 4 is 54.6 Å². The van der Waals surface area contributed by atoms with Gasteiger partial charge in [-0.25, -0.2) is 4.98 Å². The van der Waals surface area contributed by atoms with E-state index in [2.05, 4.69) is 60.5 Å². The summed E-state index contributed by atoms with van der Waals surface area (Å²) in [5.41, 5.74) is 5.24. The molecule has 0 saturated carbocycles. The Morgan fingerprint density at radius 2 is 1.10 bits per heavy atom. The molecule has 0 unspecified atom stereocenters. The number of imidazole rings is 1. The third kappa shape index (κ3) is 7.42. The number of pyridine rings is 1. The first-order chi connectivity index (χ1) is 42.7. The van der Waals surface area contributed by atoms with Gasteiger partial charge in [0, 0.05) is 55.1 Å². The van der Waals surface area contributed by atoms with E-state index < -0.39 is 78.6 Å². The van der Waals surface area contributed by atoms with Crippen LogP contribution in [0.25, 0.3) is 122 Å². The molecule has 370 valence electrons. The van der Waals surface area contributed by atoms with Gasteiger partial charge in [-0.3, -0.25) is 4.57 Å². The number of ether oxygens (including phenoxy) is 1. The fourth-order valence-corrected chi connectivity index (χ4v) is 11.0. The van der Waals surface area contributed by atoms with Gasteiger partial charge in [0.25, 0.3) is 6.33 Å². The first-order valence-electron chi connectivity index (χ1n) is 31.3. The van der Waals surface area contributed by atoms with E-state index in [1.54, 1.807) is 45.5 Å². The molecule has 0 amide bonds. The minimum absolute atomic E-state index is 0. The number of hydrogen-bond donors (Lipinski definition) is 0. The first kappa shape index (κ1) is 34.5. The molecule has 15 rings (SSSR count). The molecule has 1 aliphatic heterocycles. The molecule has 0 fully saturated rings. The van der Waals surface area contributed by atoms with E-state index in [0.717, 1.165) is 49.2 Å². The van der Waals surface area contributed by atoms with Crippen LogP contribution in [0.4, 0.5) is 0 Å². The van der Waals surface area contributed by atoms with Gasteiger partial charge in [-0.05, 0) is 109 Å². The molecule has 0 saturated heterocycles. The second-order valence-electron chi connectivity index (χ2n) is 19.8. The number of rotatable bonds is 6. The molecule has 7 heteroatoms. The first-order valence-corrected chi connectivity index (χ1v) is 24.8. The van der Waals surface area contributed by atoms with Crippen LogP contribution in [0, 0.1) is 18.5 Å². The van der Waals surface area contributed by atoms with Crippen molar-refractivity contribution in [2.45, 2.75) is 26.2 Å². The number of fused-ring (bicyclic) bond motifs is 13. The molecule has 0 bridgehead atoms. The van der Waals surface area contributed by atoms with Crippen LogP contribution in [-0.2, 0) is 26.5 Å². The van der Waals surface area contributed by atoms with Gasteiger partial charge >= 0.3 is 0 Å². The molecule has 0 spiro atoms. The molecule has 4 aromatic heterocycles. The Bertz CT molecular complexity index is 5390. The summed E-state index contributed by atoms with van der Waals surface area (Å²) in [6, 6.07) is 44.9. The Kier molecular flexibility index (Phi) is 8.08. The maximum atomic E-state index is 9.95. The summed E-state index contributed by atoms with van der Waals surface area (Å²) in [5.74, 6) is 1.31. The molecule has 0 radical (unpaired) electrons. The third-order valence-corrected chi connectivity index (χ3v) is 14.4. The summed E-state index contributed by atoms with van der Waals surface area (Å²) in [4.78, 5) is 4.85. The minimum atomic E-state index is -0.670. The molecule has 10 aromatic carbocycles. The molecule has 1 aliphatic rings. The molecule has 0 aliphatic carbocycles. The van der Waals surface area contributed by atoms with Gasteiger partial charge in [-0.2, -0.15) is 18.2 Å². The fourth-order valence-electron chi connectivity index (χ4n) is 11.0. The van der Waals surface area contributed by atoms with Gasteiger partial charge in [0.05, 0.1) is 51.3 Å². The van der Waals surface area contributed by atoms with Crippen LogP contribution in [0.15, 0.2) is 230 Å². The summed E-state index contributed by atoms with van der Waals surface area (Å²) < 4.78 is 136. The van der Waals surface area contributed by atoms with Crippen LogP contribution in [0.1, 0.15) is 44.2 Å². The van der Waals surface area contributed by atoms with E-state index in [-0.39, 0.29) is 87.8 Å². The molecule has 6 nitrogen and oxygen atoms in total. The van der Waals surface area contributed by atoms with Crippen molar-refractivity contribution in [2.24, 2.45) is 0 Å². The van der Waals surface area contributed by atoms with Gasteiger partial charge in [0.15, 0.2) is 0 Å². The van der Waals surface area contributed by atoms with E-state index in [0.29, 0.717) is 28.6 Å². The van der Waals surface area contributed by atoms with Gasteiger partial charge in [-0.1, -0.05) is 178 Å². The Morgan fingerprint density at radius 1 is 0.506 bits per heavy atom. The van der Waals surface area contributed by atoms with Crippen LogP contribution in [0.5, 0.6) is 11.5 Å². The Hall–Kier alpha value is -9.09. The van der Waals surface area contributed by atoms with Crippen LogP contribution in [0.3, 0.4) is 0 Å². The minimum Gasteiger partial charge on any atom is -0.510 e. The van der Waals surface area contributed by atoms with Gasteiger partial charge in [0.2, 0.25) is 0 Å². The van der Waals surface area contributed by atoms with E-state index in [4.69, 9.17) is 13.8 Å². The van der Waals surface area contributed by atoms with Crippen LogP contribution < -0.4 is 9.30 Å². The smallest absolute Gasteiger partial charge is 0.268 e. The molecule has 77 heavy (non-hydrogen) atoms.